The number of H-pyrrole nitrogens is 2. The lowest BCUT2D eigenvalue weighted by Crippen LogP contribution is -2.13. The average molecular weight is 351 g/mol. The van der Waals surface area contributed by atoms with Crippen LogP contribution in [0.4, 0.5) is 10.3 Å². The van der Waals surface area contributed by atoms with Crippen LogP contribution in [0.3, 0.4) is 0 Å². The van der Waals surface area contributed by atoms with Gasteiger partial charge in [0.25, 0.3) is 5.91 Å². The Labute approximate surface area is 147 Å². The molecule has 1 amide bonds. The number of nitrogens with one attached hydrogen (secondary N) is 3. The molecule has 0 unspecified atom stereocenters. The molecule has 2 aromatic heterocycles. The predicted molar refractivity (Wildman–Crippen MR) is 94.6 cm³/mol. The first kappa shape index (κ1) is 15.8. The number of nitrogens with zero attached hydrogens (tertiary/aromatic N) is 2. The fourth-order valence-corrected chi connectivity index (χ4v) is 2.74. The van der Waals surface area contributed by atoms with E-state index in [9.17, 15) is 9.18 Å². The molecule has 0 saturated heterocycles. The molecule has 2 aromatic carbocycles. The molecule has 3 N–H and O–H groups in total. The lowest BCUT2D eigenvalue weighted by molar-refractivity contribution is 0.102. The van der Waals surface area contributed by atoms with Crippen molar-refractivity contribution in [2.75, 3.05) is 12.4 Å². The Morgan fingerprint density at radius 2 is 2.15 bits per heavy atom. The summed E-state index contributed by atoms with van der Waals surface area (Å²) in [6, 6.07) is 9.82. The highest BCUT2D eigenvalue weighted by atomic mass is 19.1. The molecule has 0 fully saturated rings. The van der Waals surface area contributed by atoms with Crippen LogP contribution in [-0.4, -0.2) is 33.0 Å². The molecule has 0 aliphatic carbocycles. The van der Waals surface area contributed by atoms with E-state index in [0.29, 0.717) is 22.3 Å². The number of imidazole rings is 2. The summed E-state index contributed by atoms with van der Waals surface area (Å²) in [6.07, 6.45) is 2.90. The van der Waals surface area contributed by atoms with Gasteiger partial charge in [0.05, 0.1) is 19.0 Å². The van der Waals surface area contributed by atoms with Crippen molar-refractivity contribution in [3.05, 3.63) is 60.4 Å². The number of halogens is 1. The number of methoxy groups -OCH3 is 1. The second-order valence-electron chi connectivity index (χ2n) is 5.54. The summed E-state index contributed by atoms with van der Waals surface area (Å²) >= 11 is 0. The maximum atomic E-state index is 13.6. The smallest absolute Gasteiger partial charge is 0.278 e. The van der Waals surface area contributed by atoms with E-state index in [1.807, 2.05) is 6.07 Å². The van der Waals surface area contributed by atoms with Gasteiger partial charge in [-0.1, -0.05) is 12.1 Å². The van der Waals surface area contributed by atoms with Gasteiger partial charge in [-0.2, -0.15) is 0 Å². The van der Waals surface area contributed by atoms with Gasteiger partial charge in [0.2, 0.25) is 5.95 Å². The minimum absolute atomic E-state index is 0.239. The third kappa shape index (κ3) is 2.77. The Kier molecular flexibility index (Phi) is 3.85. The summed E-state index contributed by atoms with van der Waals surface area (Å²) in [5.74, 6) is 0.0430. The van der Waals surface area contributed by atoms with Crippen LogP contribution in [-0.2, 0) is 0 Å². The van der Waals surface area contributed by atoms with Crippen molar-refractivity contribution in [1.82, 2.24) is 19.9 Å². The molecular weight excluding hydrogens is 337 g/mol. The van der Waals surface area contributed by atoms with Crippen LogP contribution in [0.1, 0.15) is 10.5 Å². The number of rotatable bonds is 4. The zero-order valence-electron chi connectivity index (χ0n) is 13.7. The Morgan fingerprint density at radius 3 is 2.88 bits per heavy atom. The molecule has 0 aliphatic heterocycles. The molecule has 0 atom stereocenters. The number of benzene rings is 2. The van der Waals surface area contributed by atoms with E-state index in [4.69, 9.17) is 4.74 Å². The van der Waals surface area contributed by atoms with Gasteiger partial charge in [-0.05, 0) is 29.8 Å². The van der Waals surface area contributed by atoms with E-state index in [1.165, 1.54) is 31.8 Å². The standard InChI is InChI=1S/C18H14FN5O2/c1-26-14-6-5-12(10-3-2-4-11(19)7-10)15-16(14)23-18(22-15)24-17(25)13-8-20-9-21-13/h2-9H,1H3,(H,20,21)(H2,22,23,24,25). The molecular formula is C18H14FN5O2. The topological polar surface area (TPSA) is 95.7 Å². The lowest BCUT2D eigenvalue weighted by atomic mass is 10.0. The van der Waals surface area contributed by atoms with E-state index in [1.54, 1.807) is 18.2 Å². The van der Waals surface area contributed by atoms with Crippen molar-refractivity contribution in [2.24, 2.45) is 0 Å². The van der Waals surface area contributed by atoms with Crippen LogP contribution in [0.5, 0.6) is 5.75 Å². The van der Waals surface area contributed by atoms with Crippen molar-refractivity contribution < 1.29 is 13.9 Å². The molecule has 26 heavy (non-hydrogen) atoms. The highest BCUT2D eigenvalue weighted by Gasteiger charge is 2.16. The number of fused-ring (bicyclic) bond motifs is 1. The molecule has 130 valence electrons. The molecule has 2 heterocycles. The van der Waals surface area contributed by atoms with Gasteiger partial charge in [0.15, 0.2) is 0 Å². The van der Waals surface area contributed by atoms with Crippen LogP contribution in [0.2, 0.25) is 0 Å². The van der Waals surface area contributed by atoms with Gasteiger partial charge in [-0.25, -0.2) is 14.4 Å². The van der Waals surface area contributed by atoms with Crippen molar-refractivity contribution in [1.29, 1.82) is 0 Å². The number of amides is 1. The van der Waals surface area contributed by atoms with Gasteiger partial charge in [0, 0.05) is 11.8 Å². The molecule has 7 nitrogen and oxygen atoms in total. The van der Waals surface area contributed by atoms with E-state index in [-0.39, 0.29) is 17.5 Å². The Bertz CT molecular complexity index is 1090. The normalized spacial score (nSPS) is 10.8. The van der Waals surface area contributed by atoms with Crippen molar-refractivity contribution in [3.63, 3.8) is 0 Å². The minimum Gasteiger partial charge on any atom is -0.494 e. The van der Waals surface area contributed by atoms with Crippen LogP contribution in [0, 0.1) is 5.82 Å². The molecule has 0 radical (unpaired) electrons. The zero-order valence-corrected chi connectivity index (χ0v) is 13.7. The summed E-state index contributed by atoms with van der Waals surface area (Å²) in [6.45, 7) is 0. The van der Waals surface area contributed by atoms with E-state index < -0.39 is 5.91 Å². The summed E-state index contributed by atoms with van der Waals surface area (Å²) in [5.41, 5.74) is 2.83. The summed E-state index contributed by atoms with van der Waals surface area (Å²) in [5, 5.41) is 2.66. The average Bonchev–Trinajstić information content (AvgIpc) is 3.30. The maximum Gasteiger partial charge on any atom is 0.278 e. The van der Waals surface area contributed by atoms with Gasteiger partial charge in [0.1, 0.15) is 22.8 Å². The van der Waals surface area contributed by atoms with E-state index in [2.05, 4.69) is 25.3 Å². The highest BCUT2D eigenvalue weighted by Crippen LogP contribution is 2.34. The fraction of sp³-hybridized carbons (Fsp3) is 0.0556. The van der Waals surface area contributed by atoms with Gasteiger partial charge in [-0.3, -0.25) is 10.1 Å². The first-order chi connectivity index (χ1) is 12.7. The molecule has 0 aliphatic rings. The maximum absolute atomic E-state index is 13.6. The molecule has 8 heteroatoms. The van der Waals surface area contributed by atoms with Crippen LogP contribution in [0.25, 0.3) is 22.2 Å². The second-order valence-corrected chi connectivity index (χ2v) is 5.54. The third-order valence-corrected chi connectivity index (χ3v) is 3.93. The lowest BCUT2D eigenvalue weighted by Gasteiger charge is -2.06. The highest BCUT2D eigenvalue weighted by molar-refractivity contribution is 6.03. The number of hydrogen-bond donors (Lipinski definition) is 3. The zero-order chi connectivity index (χ0) is 18.1. The number of aromatic amines is 2. The quantitative estimate of drug-likeness (QED) is 0.525. The second kappa shape index (κ2) is 6.32. The molecule has 4 rings (SSSR count). The molecule has 0 spiro atoms. The van der Waals surface area contributed by atoms with Crippen molar-refractivity contribution >= 4 is 22.9 Å². The van der Waals surface area contributed by atoms with E-state index >= 15 is 0 Å². The summed E-state index contributed by atoms with van der Waals surface area (Å²) in [4.78, 5) is 26.3. The first-order valence-corrected chi connectivity index (χ1v) is 7.78. The number of aromatic nitrogens is 4. The van der Waals surface area contributed by atoms with E-state index in [0.717, 1.165) is 5.56 Å². The SMILES string of the molecule is COc1ccc(-c2cccc(F)c2)c2[nH]c(NC(=O)c3c[nH]cn3)nc12. The minimum atomic E-state index is -0.406. The van der Waals surface area contributed by atoms with Crippen molar-refractivity contribution in [3.8, 4) is 16.9 Å². The van der Waals surface area contributed by atoms with Gasteiger partial charge < -0.3 is 14.7 Å². The summed E-state index contributed by atoms with van der Waals surface area (Å²) < 4.78 is 19.0. The fourth-order valence-electron chi connectivity index (χ4n) is 2.74. The molecule has 4 aromatic rings. The molecule has 0 saturated carbocycles. The predicted octanol–water partition coefficient (Wildman–Crippen LogP) is 3.35. The van der Waals surface area contributed by atoms with Gasteiger partial charge >= 0.3 is 0 Å². The van der Waals surface area contributed by atoms with Crippen LogP contribution in [0.15, 0.2) is 48.9 Å². The Hall–Kier alpha value is -3.68. The number of carbonyl (C=O) groups excluding carboxylic acids is 1. The Balaban J connectivity index is 1.80. The van der Waals surface area contributed by atoms with Crippen LogP contribution < -0.4 is 10.1 Å². The van der Waals surface area contributed by atoms with Gasteiger partial charge in [-0.15, -0.1) is 0 Å². The largest absolute Gasteiger partial charge is 0.494 e. The monoisotopic (exact) mass is 351 g/mol. The Morgan fingerprint density at radius 1 is 1.27 bits per heavy atom. The number of anilines is 1. The first-order valence-electron chi connectivity index (χ1n) is 7.78. The summed E-state index contributed by atoms with van der Waals surface area (Å²) in [7, 11) is 1.54. The van der Waals surface area contributed by atoms with Crippen molar-refractivity contribution in [2.45, 2.75) is 0 Å². The third-order valence-electron chi connectivity index (χ3n) is 3.93. The number of ether oxygens (including phenoxy) is 1. The number of carbonyl (C=O) groups is 1. The molecule has 0 bridgehead atoms. The van der Waals surface area contributed by atoms with Crippen LogP contribution >= 0.6 is 0 Å². The number of hydrogen-bond acceptors (Lipinski definition) is 4.